The molecular weight excluding hydrogens is 294 g/mol. The summed E-state index contributed by atoms with van der Waals surface area (Å²) in [5.74, 6) is 0.767. The highest BCUT2D eigenvalue weighted by atomic mass is 32.1. The third-order valence-electron chi connectivity index (χ3n) is 3.53. The number of carbonyl (C=O) groups is 1. The molecule has 0 unspecified atom stereocenters. The first-order valence-electron chi connectivity index (χ1n) is 7.06. The van der Waals surface area contributed by atoms with Gasteiger partial charge in [-0.25, -0.2) is 0 Å². The monoisotopic (exact) mass is 311 g/mol. The number of aryl methyl sites for hydroxylation is 1. The molecule has 0 saturated heterocycles. The summed E-state index contributed by atoms with van der Waals surface area (Å²) in [5, 5.41) is 6.16. The van der Waals surface area contributed by atoms with Crippen LogP contribution in [0.5, 0.6) is 5.75 Å². The summed E-state index contributed by atoms with van der Waals surface area (Å²) in [4.78, 5) is 12.2. The molecular formula is C18H17NO2S. The number of thiophene rings is 1. The van der Waals surface area contributed by atoms with Crippen molar-refractivity contribution in [2.45, 2.75) is 13.3 Å². The van der Waals surface area contributed by atoms with E-state index in [1.807, 2.05) is 24.3 Å². The first kappa shape index (κ1) is 14.6. The maximum absolute atomic E-state index is 12.2. The number of carbonyl (C=O) groups excluding carboxylic acids is 1. The van der Waals surface area contributed by atoms with Crippen molar-refractivity contribution in [1.29, 1.82) is 0 Å². The van der Waals surface area contributed by atoms with Crippen LogP contribution in [0.2, 0.25) is 0 Å². The Hall–Kier alpha value is -2.33. The predicted octanol–water partition coefficient (Wildman–Crippen LogP) is 4.40. The second-order valence-corrected chi connectivity index (χ2v) is 6.13. The molecule has 4 heteroatoms. The Kier molecular flexibility index (Phi) is 4.11. The lowest BCUT2D eigenvalue weighted by atomic mass is 10.1. The van der Waals surface area contributed by atoms with Crippen LogP contribution in [-0.4, -0.2) is 13.0 Å². The van der Waals surface area contributed by atoms with Crippen LogP contribution in [0.25, 0.3) is 10.1 Å². The van der Waals surface area contributed by atoms with Gasteiger partial charge in [0, 0.05) is 10.4 Å². The Balaban J connectivity index is 1.73. The summed E-state index contributed by atoms with van der Waals surface area (Å²) >= 11 is 1.68. The molecule has 0 atom stereocenters. The number of ether oxygens (including phenoxy) is 1. The van der Waals surface area contributed by atoms with E-state index in [0.717, 1.165) is 17.0 Å². The van der Waals surface area contributed by atoms with Gasteiger partial charge >= 0.3 is 0 Å². The number of amides is 1. The van der Waals surface area contributed by atoms with Crippen LogP contribution in [0.1, 0.15) is 11.1 Å². The molecule has 1 amide bonds. The first-order valence-corrected chi connectivity index (χ1v) is 7.94. The van der Waals surface area contributed by atoms with E-state index in [0.29, 0.717) is 6.42 Å². The fourth-order valence-electron chi connectivity index (χ4n) is 2.39. The molecule has 2 aromatic carbocycles. The average Bonchev–Trinajstić information content (AvgIpc) is 2.90. The summed E-state index contributed by atoms with van der Waals surface area (Å²) in [6, 6.07) is 13.7. The summed E-state index contributed by atoms with van der Waals surface area (Å²) in [7, 11) is 1.62. The highest BCUT2D eigenvalue weighted by Crippen LogP contribution is 2.27. The van der Waals surface area contributed by atoms with E-state index in [9.17, 15) is 4.79 Å². The average molecular weight is 311 g/mol. The number of hydrogen-bond acceptors (Lipinski definition) is 3. The Morgan fingerprint density at radius 2 is 1.95 bits per heavy atom. The normalized spacial score (nSPS) is 10.6. The Bertz CT molecular complexity index is 806. The van der Waals surface area contributed by atoms with Crippen molar-refractivity contribution in [2.75, 3.05) is 12.4 Å². The molecule has 3 nitrogen and oxygen atoms in total. The lowest BCUT2D eigenvalue weighted by Crippen LogP contribution is -2.14. The summed E-state index contributed by atoms with van der Waals surface area (Å²) < 4.78 is 6.33. The van der Waals surface area contributed by atoms with Gasteiger partial charge in [-0.2, -0.15) is 0 Å². The van der Waals surface area contributed by atoms with Gasteiger partial charge in [-0.3, -0.25) is 4.79 Å². The topological polar surface area (TPSA) is 38.3 Å². The number of anilines is 1. The minimum absolute atomic E-state index is 0.00799. The van der Waals surface area contributed by atoms with Crippen LogP contribution in [0.4, 0.5) is 5.69 Å². The number of benzene rings is 2. The number of rotatable bonds is 4. The minimum Gasteiger partial charge on any atom is -0.497 e. The maximum Gasteiger partial charge on any atom is 0.228 e. The highest BCUT2D eigenvalue weighted by molar-refractivity contribution is 7.17. The number of fused-ring (bicyclic) bond motifs is 1. The van der Waals surface area contributed by atoms with Gasteiger partial charge in [0.05, 0.1) is 13.5 Å². The van der Waals surface area contributed by atoms with Gasteiger partial charge in [0.15, 0.2) is 0 Å². The molecule has 0 radical (unpaired) electrons. The molecule has 0 saturated carbocycles. The van der Waals surface area contributed by atoms with Gasteiger partial charge in [0.1, 0.15) is 5.75 Å². The Morgan fingerprint density at radius 1 is 1.18 bits per heavy atom. The van der Waals surface area contributed by atoms with Crippen molar-refractivity contribution in [3.63, 3.8) is 0 Å². The molecule has 0 aliphatic heterocycles. The van der Waals surface area contributed by atoms with Gasteiger partial charge in [-0.15, -0.1) is 11.3 Å². The van der Waals surface area contributed by atoms with Gasteiger partial charge in [-0.05, 0) is 53.6 Å². The van der Waals surface area contributed by atoms with Gasteiger partial charge in [0.2, 0.25) is 5.91 Å². The van der Waals surface area contributed by atoms with Crippen LogP contribution in [0.3, 0.4) is 0 Å². The molecule has 3 aromatic rings. The van der Waals surface area contributed by atoms with E-state index in [1.54, 1.807) is 18.4 Å². The van der Waals surface area contributed by atoms with E-state index in [4.69, 9.17) is 4.74 Å². The van der Waals surface area contributed by atoms with E-state index < -0.39 is 0 Å². The molecule has 0 fully saturated rings. The van der Waals surface area contributed by atoms with Gasteiger partial charge in [-0.1, -0.05) is 17.7 Å². The first-order chi connectivity index (χ1) is 10.7. The molecule has 1 heterocycles. The lowest BCUT2D eigenvalue weighted by Gasteiger charge is -2.06. The molecule has 0 spiro atoms. The van der Waals surface area contributed by atoms with Crippen LogP contribution in [0, 0.1) is 6.92 Å². The van der Waals surface area contributed by atoms with E-state index in [1.165, 1.54) is 15.6 Å². The number of hydrogen-bond donors (Lipinski definition) is 1. The quantitative estimate of drug-likeness (QED) is 0.775. The van der Waals surface area contributed by atoms with Gasteiger partial charge < -0.3 is 10.1 Å². The van der Waals surface area contributed by atoms with Crippen LogP contribution in [-0.2, 0) is 11.2 Å². The van der Waals surface area contributed by atoms with Crippen molar-refractivity contribution in [3.05, 3.63) is 59.0 Å². The van der Waals surface area contributed by atoms with Crippen LogP contribution >= 0.6 is 11.3 Å². The van der Waals surface area contributed by atoms with Crippen LogP contribution in [0.15, 0.2) is 47.8 Å². The number of methoxy groups -OCH3 is 1. The minimum atomic E-state index is -0.00799. The lowest BCUT2D eigenvalue weighted by molar-refractivity contribution is -0.115. The third-order valence-corrected chi connectivity index (χ3v) is 4.55. The molecule has 1 N–H and O–H groups in total. The molecule has 0 aliphatic rings. The molecule has 112 valence electrons. The maximum atomic E-state index is 12.2. The zero-order chi connectivity index (χ0) is 15.5. The van der Waals surface area contributed by atoms with Crippen molar-refractivity contribution < 1.29 is 9.53 Å². The van der Waals surface area contributed by atoms with Crippen molar-refractivity contribution in [2.24, 2.45) is 0 Å². The fourth-order valence-corrected chi connectivity index (χ4v) is 3.33. The zero-order valence-corrected chi connectivity index (χ0v) is 13.4. The Labute approximate surface area is 133 Å². The Morgan fingerprint density at radius 3 is 2.68 bits per heavy atom. The van der Waals surface area contributed by atoms with Crippen molar-refractivity contribution in [1.82, 2.24) is 0 Å². The molecule has 1 aromatic heterocycles. The van der Waals surface area contributed by atoms with Crippen molar-refractivity contribution in [3.8, 4) is 5.75 Å². The summed E-state index contributed by atoms with van der Waals surface area (Å²) in [6.07, 6.45) is 0.384. The largest absolute Gasteiger partial charge is 0.497 e. The van der Waals surface area contributed by atoms with Crippen molar-refractivity contribution >= 4 is 33.0 Å². The second kappa shape index (κ2) is 6.20. The third kappa shape index (κ3) is 3.12. The van der Waals surface area contributed by atoms with E-state index in [2.05, 4.69) is 35.8 Å². The summed E-state index contributed by atoms with van der Waals surface area (Å²) in [5.41, 5.74) is 3.07. The highest BCUT2D eigenvalue weighted by Gasteiger charge is 2.09. The fraction of sp³-hybridized carbons (Fsp3) is 0.167. The van der Waals surface area contributed by atoms with E-state index >= 15 is 0 Å². The predicted molar refractivity (Wildman–Crippen MR) is 91.9 cm³/mol. The molecule has 22 heavy (non-hydrogen) atoms. The standard InChI is InChI=1S/C18H17NO2S/c1-12-3-8-17-16(9-12)13(11-22-17)10-18(20)19-14-4-6-15(21-2)7-5-14/h3-9,11H,10H2,1-2H3,(H,19,20). The van der Waals surface area contributed by atoms with E-state index in [-0.39, 0.29) is 5.91 Å². The molecule has 3 rings (SSSR count). The van der Waals surface area contributed by atoms with Gasteiger partial charge in [0.25, 0.3) is 0 Å². The molecule has 0 bridgehead atoms. The zero-order valence-electron chi connectivity index (χ0n) is 12.6. The molecule has 0 aliphatic carbocycles. The van der Waals surface area contributed by atoms with Crippen LogP contribution < -0.4 is 10.1 Å². The SMILES string of the molecule is COc1ccc(NC(=O)Cc2csc3ccc(C)cc23)cc1. The smallest absolute Gasteiger partial charge is 0.228 e. The second-order valence-electron chi connectivity index (χ2n) is 5.21. The summed E-state index contributed by atoms with van der Waals surface area (Å²) in [6.45, 7) is 2.07. The number of nitrogens with one attached hydrogen (secondary N) is 1.